The van der Waals surface area contributed by atoms with Crippen molar-refractivity contribution in [1.82, 2.24) is 10.6 Å². The topological polar surface area (TPSA) is 84.5 Å². The van der Waals surface area contributed by atoms with E-state index in [0.29, 0.717) is 12.5 Å². The summed E-state index contributed by atoms with van der Waals surface area (Å²) < 4.78 is 4.75. The number of carbonyl (C=O) groups excluding carboxylic acids is 3. The van der Waals surface area contributed by atoms with E-state index < -0.39 is 24.5 Å². The second-order valence-electron chi connectivity index (χ2n) is 5.34. The third kappa shape index (κ3) is 9.08. The molecule has 124 valence electrons. The van der Waals surface area contributed by atoms with Gasteiger partial charge in [0, 0.05) is 12.6 Å². The van der Waals surface area contributed by atoms with Crippen molar-refractivity contribution < 1.29 is 19.1 Å². The molecule has 0 aliphatic rings. The van der Waals surface area contributed by atoms with Gasteiger partial charge in [-0.05, 0) is 24.0 Å². The minimum atomic E-state index is -0.673. The fourth-order valence-corrected chi connectivity index (χ4v) is 1.59. The normalized spacial score (nSPS) is 10.6. The molecule has 0 heterocycles. The van der Waals surface area contributed by atoms with Crippen molar-refractivity contribution in [2.75, 3.05) is 13.2 Å². The zero-order valence-electron chi connectivity index (χ0n) is 13.4. The Bertz CT molecular complexity index is 553. The number of carbonyl (C=O) groups is 3. The smallest absolute Gasteiger partial charge is 0.331 e. The van der Waals surface area contributed by atoms with E-state index in [9.17, 15) is 14.4 Å². The van der Waals surface area contributed by atoms with Gasteiger partial charge in [-0.1, -0.05) is 44.2 Å². The number of urea groups is 1. The second-order valence-corrected chi connectivity index (χ2v) is 5.34. The molecular weight excluding hydrogens is 296 g/mol. The summed E-state index contributed by atoms with van der Waals surface area (Å²) >= 11 is 0. The minimum Gasteiger partial charge on any atom is -0.452 e. The monoisotopic (exact) mass is 318 g/mol. The first kappa shape index (κ1) is 18.4. The van der Waals surface area contributed by atoms with E-state index >= 15 is 0 Å². The van der Waals surface area contributed by atoms with Crippen LogP contribution in [0.5, 0.6) is 0 Å². The van der Waals surface area contributed by atoms with Gasteiger partial charge in [0.2, 0.25) is 0 Å². The van der Waals surface area contributed by atoms with Crippen molar-refractivity contribution >= 4 is 24.0 Å². The third-order valence-electron chi connectivity index (χ3n) is 2.82. The quantitative estimate of drug-likeness (QED) is 0.596. The van der Waals surface area contributed by atoms with Crippen LogP contribution in [0.4, 0.5) is 4.79 Å². The van der Waals surface area contributed by atoms with E-state index in [1.54, 1.807) is 6.08 Å². The number of benzene rings is 1. The summed E-state index contributed by atoms with van der Waals surface area (Å²) in [5.41, 5.74) is 0.846. The maximum atomic E-state index is 11.5. The number of imide groups is 1. The Kier molecular flexibility index (Phi) is 8.13. The number of ether oxygens (including phenoxy) is 1. The molecule has 6 nitrogen and oxygen atoms in total. The second kappa shape index (κ2) is 10.2. The fraction of sp³-hybridized carbons (Fsp3) is 0.353. The molecule has 3 amide bonds. The maximum absolute atomic E-state index is 11.5. The number of esters is 1. The molecule has 0 spiro atoms. The molecule has 1 rings (SSSR count). The Labute approximate surface area is 135 Å². The third-order valence-corrected chi connectivity index (χ3v) is 2.82. The van der Waals surface area contributed by atoms with Gasteiger partial charge in [0.15, 0.2) is 6.61 Å². The predicted octanol–water partition coefficient (Wildman–Crippen LogP) is 2.11. The van der Waals surface area contributed by atoms with Gasteiger partial charge in [-0.3, -0.25) is 10.1 Å². The molecule has 1 aromatic rings. The van der Waals surface area contributed by atoms with E-state index in [-0.39, 0.29) is 0 Å². The van der Waals surface area contributed by atoms with Gasteiger partial charge in [-0.15, -0.1) is 0 Å². The van der Waals surface area contributed by atoms with Crippen LogP contribution >= 0.6 is 0 Å². The van der Waals surface area contributed by atoms with Crippen LogP contribution in [0, 0.1) is 5.92 Å². The van der Waals surface area contributed by atoms with Gasteiger partial charge < -0.3 is 10.1 Å². The van der Waals surface area contributed by atoms with E-state index in [0.717, 1.165) is 12.0 Å². The van der Waals surface area contributed by atoms with Gasteiger partial charge in [-0.25, -0.2) is 9.59 Å². The summed E-state index contributed by atoms with van der Waals surface area (Å²) in [6.45, 7) is 4.05. The van der Waals surface area contributed by atoms with Crippen LogP contribution < -0.4 is 10.6 Å². The van der Waals surface area contributed by atoms with Crippen molar-refractivity contribution in [3.05, 3.63) is 42.0 Å². The highest BCUT2D eigenvalue weighted by atomic mass is 16.5. The van der Waals surface area contributed by atoms with E-state index in [1.165, 1.54) is 6.08 Å². The zero-order chi connectivity index (χ0) is 17.1. The van der Waals surface area contributed by atoms with Gasteiger partial charge in [0.25, 0.3) is 5.91 Å². The lowest BCUT2D eigenvalue weighted by atomic mass is 10.1. The molecular formula is C17H22N2O4. The van der Waals surface area contributed by atoms with E-state index in [1.807, 2.05) is 44.2 Å². The number of nitrogens with one attached hydrogen (secondary N) is 2. The standard InChI is InChI=1S/C17H22N2O4/c1-13(2)10-11-18-17(22)19-15(20)12-23-16(21)9-8-14-6-4-3-5-7-14/h3-9,13H,10-12H2,1-2H3,(H2,18,19,20,22)/b9-8+. The van der Waals surface area contributed by atoms with Gasteiger partial charge in [0.05, 0.1) is 0 Å². The first-order valence-corrected chi connectivity index (χ1v) is 7.45. The lowest BCUT2D eigenvalue weighted by Gasteiger charge is -2.08. The molecule has 1 aromatic carbocycles. The first-order valence-electron chi connectivity index (χ1n) is 7.45. The molecule has 0 fully saturated rings. The van der Waals surface area contributed by atoms with Crippen LogP contribution in [-0.2, 0) is 14.3 Å². The van der Waals surface area contributed by atoms with E-state index in [2.05, 4.69) is 10.6 Å². The van der Waals surface area contributed by atoms with Crippen molar-refractivity contribution in [2.24, 2.45) is 5.92 Å². The lowest BCUT2D eigenvalue weighted by molar-refractivity contribution is -0.143. The zero-order valence-corrected chi connectivity index (χ0v) is 13.4. The molecule has 0 saturated heterocycles. The molecule has 0 saturated carbocycles. The summed E-state index contributed by atoms with van der Waals surface area (Å²) in [6, 6.07) is 8.63. The number of hydrogen-bond donors (Lipinski definition) is 2. The number of hydrogen-bond acceptors (Lipinski definition) is 4. The molecule has 0 atom stereocenters. The summed E-state index contributed by atoms with van der Waals surface area (Å²) in [6.07, 6.45) is 3.63. The molecule has 0 bridgehead atoms. The Hall–Kier alpha value is -2.63. The molecule has 2 N–H and O–H groups in total. The van der Waals surface area contributed by atoms with Crippen molar-refractivity contribution in [1.29, 1.82) is 0 Å². The van der Waals surface area contributed by atoms with Crippen molar-refractivity contribution in [2.45, 2.75) is 20.3 Å². The minimum absolute atomic E-state index is 0.461. The molecule has 0 unspecified atom stereocenters. The average Bonchev–Trinajstić information content (AvgIpc) is 2.51. The van der Waals surface area contributed by atoms with Gasteiger partial charge >= 0.3 is 12.0 Å². The number of amides is 3. The van der Waals surface area contributed by atoms with Crippen LogP contribution in [0.25, 0.3) is 6.08 Å². The van der Waals surface area contributed by atoms with Crippen LogP contribution in [0.1, 0.15) is 25.8 Å². The van der Waals surface area contributed by atoms with Crippen LogP contribution in [-0.4, -0.2) is 31.1 Å². The van der Waals surface area contributed by atoms with Crippen molar-refractivity contribution in [3.63, 3.8) is 0 Å². The summed E-state index contributed by atoms with van der Waals surface area (Å²) in [4.78, 5) is 34.3. The van der Waals surface area contributed by atoms with Crippen LogP contribution in [0.2, 0.25) is 0 Å². The van der Waals surface area contributed by atoms with Crippen LogP contribution in [0.15, 0.2) is 36.4 Å². The summed E-state index contributed by atoms with van der Waals surface area (Å²) in [5, 5.41) is 4.65. The Morgan fingerprint density at radius 1 is 1.17 bits per heavy atom. The molecule has 0 aromatic heterocycles. The molecule has 6 heteroatoms. The first-order chi connectivity index (χ1) is 11.0. The highest BCUT2D eigenvalue weighted by Crippen LogP contribution is 2.01. The van der Waals surface area contributed by atoms with Crippen molar-refractivity contribution in [3.8, 4) is 0 Å². The molecule has 0 radical (unpaired) electrons. The fourth-order valence-electron chi connectivity index (χ4n) is 1.59. The Morgan fingerprint density at radius 3 is 2.52 bits per heavy atom. The maximum Gasteiger partial charge on any atom is 0.331 e. The van der Waals surface area contributed by atoms with Gasteiger partial charge in [0.1, 0.15) is 0 Å². The highest BCUT2D eigenvalue weighted by molar-refractivity contribution is 5.96. The Balaban J connectivity index is 2.23. The molecule has 0 aliphatic carbocycles. The summed E-state index contributed by atoms with van der Waals surface area (Å²) in [5.74, 6) is -0.860. The molecule has 23 heavy (non-hydrogen) atoms. The SMILES string of the molecule is CC(C)CCNC(=O)NC(=O)COC(=O)/C=C/c1ccccc1. The molecule has 0 aliphatic heterocycles. The largest absolute Gasteiger partial charge is 0.452 e. The lowest BCUT2D eigenvalue weighted by Crippen LogP contribution is -2.41. The highest BCUT2D eigenvalue weighted by Gasteiger charge is 2.09. The summed E-state index contributed by atoms with van der Waals surface area (Å²) in [7, 11) is 0. The Morgan fingerprint density at radius 2 is 1.87 bits per heavy atom. The van der Waals surface area contributed by atoms with Gasteiger partial charge in [-0.2, -0.15) is 0 Å². The van der Waals surface area contributed by atoms with Crippen LogP contribution in [0.3, 0.4) is 0 Å². The van der Waals surface area contributed by atoms with E-state index in [4.69, 9.17) is 4.74 Å². The number of rotatable bonds is 7. The average molecular weight is 318 g/mol. The predicted molar refractivity (Wildman–Crippen MR) is 87.4 cm³/mol.